The maximum absolute atomic E-state index is 11.6. The number of nitrogens with two attached hydrogens (primary N) is 1. The number of carbonyl (C=O) groups excluding carboxylic acids is 2. The van der Waals surface area contributed by atoms with E-state index in [4.69, 9.17) is 5.73 Å². The summed E-state index contributed by atoms with van der Waals surface area (Å²) in [5, 5.41) is 3.62. The molecule has 7 heteroatoms. The van der Waals surface area contributed by atoms with Crippen molar-refractivity contribution < 1.29 is 13.8 Å². The van der Waals surface area contributed by atoms with Gasteiger partial charge in [-0.2, -0.15) is 0 Å². The predicted octanol–water partition coefficient (Wildman–Crippen LogP) is -0.683. The third-order valence-corrected chi connectivity index (χ3v) is 3.64. The third kappa shape index (κ3) is 5.82. The molecule has 0 aliphatic carbocycles. The lowest BCUT2D eigenvalue weighted by Gasteiger charge is -2.11. The molecule has 0 radical (unpaired) electrons. The van der Waals surface area contributed by atoms with Gasteiger partial charge < -0.3 is 11.1 Å². The largest absolute Gasteiger partial charge is 0.341 e. The van der Waals surface area contributed by atoms with Gasteiger partial charge in [0, 0.05) is 29.6 Å². The number of rotatable bonds is 5. The second kappa shape index (κ2) is 7.34. The molecule has 0 saturated heterocycles. The Morgan fingerprint density at radius 1 is 1.38 bits per heavy atom. The molecule has 0 aromatic carbocycles. The molecule has 3 atom stereocenters. The van der Waals surface area contributed by atoms with Gasteiger partial charge in [-0.1, -0.05) is 0 Å². The average Bonchev–Trinajstić information content (AvgIpc) is 2.24. The van der Waals surface area contributed by atoms with Crippen molar-refractivity contribution in [1.82, 2.24) is 10.6 Å². The van der Waals surface area contributed by atoms with Crippen LogP contribution in [0.4, 0.5) is 4.79 Å². The third-order valence-electron chi connectivity index (χ3n) is 2.00. The SMILES string of the molecule is CNC(=O)NC(=O)C(C)S(=O)CCC(C)N. The van der Waals surface area contributed by atoms with Crippen molar-refractivity contribution in [2.75, 3.05) is 12.8 Å². The topological polar surface area (TPSA) is 101 Å². The van der Waals surface area contributed by atoms with Crippen LogP contribution in [0, 0.1) is 0 Å². The lowest BCUT2D eigenvalue weighted by Crippen LogP contribution is -2.44. The van der Waals surface area contributed by atoms with Gasteiger partial charge in [0.1, 0.15) is 5.25 Å². The molecular formula is C9H19N3O3S. The highest BCUT2D eigenvalue weighted by molar-refractivity contribution is 7.86. The zero-order valence-corrected chi connectivity index (χ0v) is 10.6. The van der Waals surface area contributed by atoms with E-state index in [0.29, 0.717) is 12.2 Å². The number of nitrogens with one attached hydrogen (secondary N) is 2. The Kier molecular flexibility index (Phi) is 6.91. The van der Waals surface area contributed by atoms with Crippen LogP contribution in [-0.2, 0) is 15.6 Å². The number of hydrogen-bond donors (Lipinski definition) is 3. The van der Waals surface area contributed by atoms with Gasteiger partial charge >= 0.3 is 6.03 Å². The Morgan fingerprint density at radius 3 is 2.38 bits per heavy atom. The zero-order valence-electron chi connectivity index (χ0n) is 9.78. The minimum atomic E-state index is -1.31. The van der Waals surface area contributed by atoms with Crippen LogP contribution in [0.2, 0.25) is 0 Å². The van der Waals surface area contributed by atoms with E-state index in [1.54, 1.807) is 0 Å². The van der Waals surface area contributed by atoms with Crippen molar-refractivity contribution in [3.63, 3.8) is 0 Å². The van der Waals surface area contributed by atoms with Crippen LogP contribution in [0.5, 0.6) is 0 Å². The normalized spacial score (nSPS) is 16.0. The second-order valence-electron chi connectivity index (χ2n) is 3.56. The number of hydrogen-bond acceptors (Lipinski definition) is 4. The van der Waals surface area contributed by atoms with Crippen LogP contribution in [0.25, 0.3) is 0 Å². The molecule has 0 aromatic heterocycles. The molecule has 6 nitrogen and oxygen atoms in total. The molecule has 0 aromatic rings. The van der Waals surface area contributed by atoms with E-state index in [0.717, 1.165) is 0 Å². The van der Waals surface area contributed by atoms with Gasteiger partial charge in [-0.25, -0.2) is 4.79 Å². The fourth-order valence-corrected chi connectivity index (χ4v) is 2.13. The van der Waals surface area contributed by atoms with Crippen LogP contribution in [0.15, 0.2) is 0 Å². The van der Waals surface area contributed by atoms with Crippen molar-refractivity contribution in [1.29, 1.82) is 0 Å². The summed E-state index contributed by atoms with van der Waals surface area (Å²) in [6.07, 6.45) is 0.588. The van der Waals surface area contributed by atoms with Crippen LogP contribution >= 0.6 is 0 Å². The Morgan fingerprint density at radius 2 is 1.94 bits per heavy atom. The van der Waals surface area contributed by atoms with Gasteiger partial charge in [-0.3, -0.25) is 14.3 Å². The van der Waals surface area contributed by atoms with Crippen molar-refractivity contribution in [2.45, 2.75) is 31.6 Å². The molecule has 16 heavy (non-hydrogen) atoms. The smallest absolute Gasteiger partial charge is 0.321 e. The quantitative estimate of drug-likeness (QED) is 0.600. The minimum absolute atomic E-state index is 0.0434. The second-order valence-corrected chi connectivity index (χ2v) is 5.44. The van der Waals surface area contributed by atoms with Crippen molar-refractivity contribution in [3.8, 4) is 0 Å². The Labute approximate surface area is 97.8 Å². The summed E-state index contributed by atoms with van der Waals surface area (Å²) in [5.74, 6) is -0.178. The summed E-state index contributed by atoms with van der Waals surface area (Å²) >= 11 is 0. The highest BCUT2D eigenvalue weighted by Gasteiger charge is 2.21. The number of urea groups is 1. The molecule has 3 amide bonds. The van der Waals surface area contributed by atoms with Gasteiger partial charge in [-0.15, -0.1) is 0 Å². The molecule has 0 fully saturated rings. The van der Waals surface area contributed by atoms with Gasteiger partial charge in [0.05, 0.1) is 0 Å². The van der Waals surface area contributed by atoms with E-state index >= 15 is 0 Å². The summed E-state index contributed by atoms with van der Waals surface area (Å²) in [5.41, 5.74) is 5.52. The summed E-state index contributed by atoms with van der Waals surface area (Å²) in [6, 6.07) is -0.640. The molecule has 0 rings (SSSR count). The molecule has 94 valence electrons. The fraction of sp³-hybridized carbons (Fsp3) is 0.778. The predicted molar refractivity (Wildman–Crippen MR) is 63.3 cm³/mol. The first kappa shape index (κ1) is 15.0. The molecule has 0 bridgehead atoms. The van der Waals surface area contributed by atoms with Crippen molar-refractivity contribution in [2.24, 2.45) is 5.73 Å². The van der Waals surface area contributed by atoms with Crippen LogP contribution < -0.4 is 16.4 Å². The lowest BCUT2D eigenvalue weighted by molar-refractivity contribution is -0.119. The van der Waals surface area contributed by atoms with Gasteiger partial charge in [0.2, 0.25) is 5.91 Å². The number of amides is 3. The number of carbonyl (C=O) groups is 2. The highest BCUT2D eigenvalue weighted by Crippen LogP contribution is 2.00. The van der Waals surface area contributed by atoms with E-state index in [1.165, 1.54) is 14.0 Å². The average molecular weight is 249 g/mol. The van der Waals surface area contributed by atoms with Gasteiger partial charge in [0.15, 0.2) is 0 Å². The first-order valence-corrected chi connectivity index (χ1v) is 6.42. The first-order valence-electron chi connectivity index (χ1n) is 5.03. The standard InChI is InChI=1S/C9H19N3O3S/c1-6(10)4-5-16(15)7(2)8(13)12-9(14)11-3/h6-7H,4-5,10H2,1-3H3,(H2,11,12,13,14). The molecule has 0 aliphatic heterocycles. The first-order chi connectivity index (χ1) is 7.38. The summed E-state index contributed by atoms with van der Waals surface area (Å²) < 4.78 is 11.6. The van der Waals surface area contributed by atoms with Crippen LogP contribution in [0.1, 0.15) is 20.3 Å². The van der Waals surface area contributed by atoms with E-state index in [2.05, 4.69) is 10.6 Å². The minimum Gasteiger partial charge on any atom is -0.341 e. The van der Waals surface area contributed by atoms with Crippen LogP contribution in [0.3, 0.4) is 0 Å². The summed E-state index contributed by atoms with van der Waals surface area (Å²) in [7, 11) is 0.0972. The Hall–Kier alpha value is -0.950. The maximum Gasteiger partial charge on any atom is 0.321 e. The molecule has 0 heterocycles. The van der Waals surface area contributed by atoms with E-state index in [9.17, 15) is 13.8 Å². The lowest BCUT2D eigenvalue weighted by atomic mass is 10.3. The Bertz CT molecular complexity index is 281. The molecule has 0 spiro atoms. The van der Waals surface area contributed by atoms with Gasteiger partial charge in [-0.05, 0) is 20.3 Å². The fourth-order valence-electron chi connectivity index (χ4n) is 0.874. The van der Waals surface area contributed by atoms with Crippen LogP contribution in [-0.4, -0.2) is 40.2 Å². The Balaban J connectivity index is 4.11. The summed E-state index contributed by atoms with van der Waals surface area (Å²) in [4.78, 5) is 22.3. The molecule has 4 N–H and O–H groups in total. The zero-order chi connectivity index (χ0) is 12.7. The maximum atomic E-state index is 11.6. The monoisotopic (exact) mass is 249 g/mol. The van der Waals surface area contributed by atoms with E-state index in [-0.39, 0.29) is 6.04 Å². The molecular weight excluding hydrogens is 230 g/mol. The van der Waals surface area contributed by atoms with E-state index in [1.807, 2.05) is 6.92 Å². The van der Waals surface area contributed by atoms with Gasteiger partial charge in [0.25, 0.3) is 0 Å². The highest BCUT2D eigenvalue weighted by atomic mass is 32.2. The number of imide groups is 1. The van der Waals surface area contributed by atoms with Crippen molar-refractivity contribution in [3.05, 3.63) is 0 Å². The van der Waals surface area contributed by atoms with Crippen molar-refractivity contribution >= 4 is 22.7 Å². The molecule has 3 unspecified atom stereocenters. The van der Waals surface area contributed by atoms with E-state index < -0.39 is 28.0 Å². The summed E-state index contributed by atoms with van der Waals surface area (Å²) in [6.45, 7) is 3.34. The molecule has 0 aliphatic rings. The molecule has 0 saturated carbocycles.